The number of rotatable bonds is 3. The van der Waals surface area contributed by atoms with Gasteiger partial charge in [0.1, 0.15) is 5.75 Å². The van der Waals surface area contributed by atoms with Crippen molar-refractivity contribution in [2.75, 3.05) is 6.61 Å². The van der Waals surface area contributed by atoms with E-state index in [1.807, 2.05) is 39.0 Å². The molecule has 0 saturated carbocycles. The topological polar surface area (TPSA) is 13.6 Å². The van der Waals surface area contributed by atoms with Gasteiger partial charge in [0.2, 0.25) is 6.04 Å². The molecule has 1 rings (SSSR count). The Labute approximate surface area is 85.3 Å². The molecule has 0 aliphatic carbocycles. The van der Waals surface area contributed by atoms with E-state index < -0.39 is 0 Å². The van der Waals surface area contributed by atoms with Crippen LogP contribution >= 0.6 is 0 Å². The molecule has 0 saturated heterocycles. The van der Waals surface area contributed by atoms with Crippen LogP contribution in [-0.4, -0.2) is 6.61 Å². The first-order valence-electron chi connectivity index (χ1n) is 4.79. The lowest BCUT2D eigenvalue weighted by molar-refractivity contribution is 0.340. The van der Waals surface area contributed by atoms with Gasteiger partial charge in [-0.15, -0.1) is 0 Å². The lowest BCUT2D eigenvalue weighted by Gasteiger charge is -2.08. The normalized spacial score (nSPS) is 11.9. The first-order chi connectivity index (χ1) is 6.69. The Balaban J connectivity index is 2.96. The molecule has 0 radical (unpaired) electrons. The highest BCUT2D eigenvalue weighted by Gasteiger charge is 2.11. The van der Waals surface area contributed by atoms with Gasteiger partial charge in [0.15, 0.2) is 0 Å². The highest BCUT2D eigenvalue weighted by molar-refractivity contribution is 5.37. The van der Waals surface area contributed by atoms with Crippen molar-refractivity contribution in [2.24, 2.45) is 0 Å². The summed E-state index contributed by atoms with van der Waals surface area (Å²) in [6.07, 6.45) is 0. The first-order valence-corrected chi connectivity index (χ1v) is 4.79. The van der Waals surface area contributed by atoms with Gasteiger partial charge in [-0.2, -0.15) is 0 Å². The fraction of sp³-hybridized carbons (Fsp3) is 0.417. The van der Waals surface area contributed by atoms with E-state index in [1.54, 1.807) is 0 Å². The number of aryl methyl sites for hydroxylation is 1. The predicted molar refractivity (Wildman–Crippen MR) is 57.4 cm³/mol. The van der Waals surface area contributed by atoms with E-state index in [0.717, 1.165) is 16.9 Å². The summed E-state index contributed by atoms with van der Waals surface area (Å²) in [5.41, 5.74) is 2.21. The Bertz CT molecular complexity index is 352. The quantitative estimate of drug-likeness (QED) is 0.664. The molecule has 74 valence electrons. The number of hydrogen-bond acceptors (Lipinski definition) is 1. The Hall–Kier alpha value is -1.49. The van der Waals surface area contributed by atoms with Gasteiger partial charge in [0.25, 0.3) is 0 Å². The van der Waals surface area contributed by atoms with Crippen LogP contribution in [0.2, 0.25) is 0 Å². The van der Waals surface area contributed by atoms with Crippen LogP contribution in [0.5, 0.6) is 5.75 Å². The van der Waals surface area contributed by atoms with E-state index in [0.29, 0.717) is 6.61 Å². The number of ether oxygens (including phenoxy) is 1. The lowest BCUT2D eigenvalue weighted by atomic mass is 10.0. The summed E-state index contributed by atoms with van der Waals surface area (Å²) in [6.45, 7) is 13.5. The minimum Gasteiger partial charge on any atom is -0.494 e. The lowest BCUT2D eigenvalue weighted by Crippen LogP contribution is -1.95. The van der Waals surface area contributed by atoms with Gasteiger partial charge in [-0.3, -0.25) is 0 Å². The Morgan fingerprint density at radius 2 is 2.21 bits per heavy atom. The molecule has 0 amide bonds. The molecular formula is C12H15NO. The molecule has 1 aromatic rings. The molecule has 0 heterocycles. The summed E-state index contributed by atoms with van der Waals surface area (Å²) in [5, 5.41) is 0. The molecule has 2 heteroatoms. The van der Waals surface area contributed by atoms with Crippen LogP contribution in [-0.2, 0) is 0 Å². The van der Waals surface area contributed by atoms with Crippen LogP contribution in [0, 0.1) is 13.5 Å². The number of hydrogen-bond donors (Lipinski definition) is 0. The highest BCUT2D eigenvalue weighted by atomic mass is 16.5. The standard InChI is InChI=1S/C12H15NO/c1-5-14-11-6-7-12(9(2)8-11)10(3)13-4/h6-8,10H,5H2,1-3H3. The molecule has 2 nitrogen and oxygen atoms in total. The molecule has 1 unspecified atom stereocenters. The molecule has 0 aromatic heterocycles. The average molecular weight is 189 g/mol. The smallest absolute Gasteiger partial charge is 0.246 e. The molecule has 0 spiro atoms. The van der Waals surface area contributed by atoms with Crippen molar-refractivity contribution in [3.05, 3.63) is 40.7 Å². The zero-order valence-corrected chi connectivity index (χ0v) is 8.87. The molecule has 0 fully saturated rings. The van der Waals surface area contributed by atoms with Crippen LogP contribution < -0.4 is 4.74 Å². The minimum atomic E-state index is -0.0642. The van der Waals surface area contributed by atoms with Crippen molar-refractivity contribution in [2.45, 2.75) is 26.8 Å². The van der Waals surface area contributed by atoms with Gasteiger partial charge in [-0.25, -0.2) is 6.57 Å². The number of nitrogens with zero attached hydrogens (tertiary/aromatic N) is 1. The fourth-order valence-corrected chi connectivity index (χ4v) is 1.44. The van der Waals surface area contributed by atoms with Crippen LogP contribution in [0.4, 0.5) is 0 Å². The van der Waals surface area contributed by atoms with Crippen molar-refractivity contribution < 1.29 is 4.74 Å². The van der Waals surface area contributed by atoms with E-state index in [9.17, 15) is 0 Å². The van der Waals surface area contributed by atoms with Crippen LogP contribution in [0.1, 0.15) is 31.0 Å². The predicted octanol–water partition coefficient (Wildman–Crippen LogP) is 3.37. The molecular weight excluding hydrogens is 174 g/mol. The summed E-state index contributed by atoms with van der Waals surface area (Å²) in [4.78, 5) is 3.50. The maximum atomic E-state index is 6.97. The van der Waals surface area contributed by atoms with Crippen molar-refractivity contribution in [3.63, 3.8) is 0 Å². The van der Waals surface area contributed by atoms with Crippen molar-refractivity contribution in [1.82, 2.24) is 0 Å². The minimum absolute atomic E-state index is 0.0642. The third kappa shape index (κ3) is 2.26. The maximum Gasteiger partial charge on any atom is 0.246 e. The van der Waals surface area contributed by atoms with Gasteiger partial charge >= 0.3 is 0 Å². The van der Waals surface area contributed by atoms with E-state index in [1.165, 1.54) is 0 Å². The second-order valence-corrected chi connectivity index (χ2v) is 3.26. The van der Waals surface area contributed by atoms with Gasteiger partial charge in [-0.05, 0) is 37.6 Å². The van der Waals surface area contributed by atoms with E-state index in [2.05, 4.69) is 4.85 Å². The summed E-state index contributed by atoms with van der Waals surface area (Å²) in [5.74, 6) is 0.880. The SMILES string of the molecule is [C-]#[N+]C(C)c1ccc(OCC)cc1C. The summed E-state index contributed by atoms with van der Waals surface area (Å²) in [6, 6.07) is 5.82. The molecule has 14 heavy (non-hydrogen) atoms. The summed E-state index contributed by atoms with van der Waals surface area (Å²) >= 11 is 0. The van der Waals surface area contributed by atoms with Crippen molar-refractivity contribution >= 4 is 0 Å². The van der Waals surface area contributed by atoms with Crippen LogP contribution in [0.15, 0.2) is 18.2 Å². The molecule has 0 aliphatic rings. The second-order valence-electron chi connectivity index (χ2n) is 3.26. The van der Waals surface area contributed by atoms with E-state index >= 15 is 0 Å². The molecule has 0 N–H and O–H groups in total. The largest absolute Gasteiger partial charge is 0.494 e. The molecule has 0 aliphatic heterocycles. The van der Waals surface area contributed by atoms with E-state index in [-0.39, 0.29) is 6.04 Å². The molecule has 0 bridgehead atoms. The van der Waals surface area contributed by atoms with Gasteiger partial charge in [0.05, 0.1) is 6.61 Å². The second kappa shape index (κ2) is 4.66. The Morgan fingerprint density at radius 3 is 2.71 bits per heavy atom. The highest BCUT2D eigenvalue weighted by Crippen LogP contribution is 2.24. The first kappa shape index (κ1) is 10.6. The van der Waals surface area contributed by atoms with Crippen molar-refractivity contribution in [1.29, 1.82) is 0 Å². The average Bonchev–Trinajstić information content (AvgIpc) is 2.17. The van der Waals surface area contributed by atoms with Crippen LogP contribution in [0.25, 0.3) is 4.85 Å². The molecule has 1 atom stereocenters. The summed E-state index contributed by atoms with van der Waals surface area (Å²) in [7, 11) is 0. The van der Waals surface area contributed by atoms with Gasteiger partial charge in [0, 0.05) is 12.5 Å². The van der Waals surface area contributed by atoms with E-state index in [4.69, 9.17) is 11.3 Å². The zero-order chi connectivity index (χ0) is 10.6. The Kier molecular flexibility index (Phi) is 3.53. The van der Waals surface area contributed by atoms with Crippen molar-refractivity contribution in [3.8, 4) is 5.75 Å². The third-order valence-electron chi connectivity index (χ3n) is 2.20. The maximum absolute atomic E-state index is 6.97. The fourth-order valence-electron chi connectivity index (χ4n) is 1.44. The zero-order valence-electron chi connectivity index (χ0n) is 8.87. The number of benzene rings is 1. The van der Waals surface area contributed by atoms with Gasteiger partial charge < -0.3 is 9.58 Å². The van der Waals surface area contributed by atoms with Crippen LogP contribution in [0.3, 0.4) is 0 Å². The van der Waals surface area contributed by atoms with Gasteiger partial charge in [-0.1, -0.05) is 0 Å². The monoisotopic (exact) mass is 189 g/mol. The summed E-state index contributed by atoms with van der Waals surface area (Å²) < 4.78 is 5.38. The third-order valence-corrected chi connectivity index (χ3v) is 2.20. The molecule has 1 aromatic carbocycles. The Morgan fingerprint density at radius 1 is 1.50 bits per heavy atom.